The zero-order valence-corrected chi connectivity index (χ0v) is 12.5. The highest BCUT2D eigenvalue weighted by molar-refractivity contribution is 6.30. The van der Waals surface area contributed by atoms with Crippen LogP contribution in [-0.4, -0.2) is 23.9 Å². The first kappa shape index (κ1) is 14.9. The highest BCUT2D eigenvalue weighted by Gasteiger charge is 2.13. The quantitative estimate of drug-likeness (QED) is 0.872. The molecule has 2 rings (SSSR count). The number of nitrogens with one attached hydrogen (secondary N) is 1. The van der Waals surface area contributed by atoms with Crippen molar-refractivity contribution in [3.63, 3.8) is 0 Å². The first-order chi connectivity index (χ1) is 9.65. The van der Waals surface area contributed by atoms with Gasteiger partial charge in [0.05, 0.1) is 0 Å². The number of hydrogen-bond donors (Lipinski definition) is 1. The van der Waals surface area contributed by atoms with Crippen LogP contribution in [0.25, 0.3) is 0 Å². The van der Waals surface area contributed by atoms with Gasteiger partial charge in [0, 0.05) is 36.8 Å². The van der Waals surface area contributed by atoms with Crippen molar-refractivity contribution >= 4 is 17.5 Å². The van der Waals surface area contributed by atoms with E-state index in [0.717, 1.165) is 30.8 Å². The van der Waals surface area contributed by atoms with Crippen LogP contribution in [0.1, 0.15) is 31.2 Å². The van der Waals surface area contributed by atoms with Gasteiger partial charge in [0.2, 0.25) is 5.91 Å². The predicted molar refractivity (Wildman–Crippen MR) is 82.5 cm³/mol. The van der Waals surface area contributed by atoms with Gasteiger partial charge in [-0.25, -0.2) is 0 Å². The number of hydrogen-bond acceptors (Lipinski definition) is 2. The predicted octanol–water partition coefficient (Wildman–Crippen LogP) is 3.35. The Morgan fingerprint density at radius 3 is 2.50 bits per heavy atom. The van der Waals surface area contributed by atoms with E-state index in [1.165, 1.54) is 12.8 Å². The molecule has 0 aliphatic carbocycles. The Kier molecular flexibility index (Phi) is 5.48. The van der Waals surface area contributed by atoms with Gasteiger partial charge in [-0.3, -0.25) is 4.79 Å². The standard InChI is InChI=1S/C16H21ClN2O/c1-13(19-10-2-3-11-19)4-9-16(20)18-12-14-5-7-15(17)8-6-14/h5-8H,1-4,9-12H2,(H,18,20). The van der Waals surface area contributed by atoms with Crippen LogP contribution in [0.15, 0.2) is 36.5 Å². The third kappa shape index (κ3) is 4.57. The van der Waals surface area contributed by atoms with E-state index in [9.17, 15) is 4.79 Å². The van der Waals surface area contributed by atoms with Gasteiger partial charge in [0.15, 0.2) is 0 Å². The number of nitrogens with zero attached hydrogens (tertiary/aromatic N) is 1. The number of allylic oxidation sites excluding steroid dienone is 1. The number of carbonyl (C=O) groups excluding carboxylic acids is 1. The second-order valence-corrected chi connectivity index (χ2v) is 5.60. The summed E-state index contributed by atoms with van der Waals surface area (Å²) >= 11 is 5.82. The molecule has 1 aliphatic rings. The lowest BCUT2D eigenvalue weighted by atomic mass is 10.2. The van der Waals surface area contributed by atoms with Crippen LogP contribution >= 0.6 is 11.6 Å². The Bertz CT molecular complexity index is 464. The topological polar surface area (TPSA) is 32.3 Å². The van der Waals surface area contributed by atoms with Crippen LogP contribution in [-0.2, 0) is 11.3 Å². The summed E-state index contributed by atoms with van der Waals surface area (Å²) in [5.74, 6) is 0.0697. The molecule has 0 spiro atoms. The summed E-state index contributed by atoms with van der Waals surface area (Å²) in [5.41, 5.74) is 2.14. The van der Waals surface area contributed by atoms with Gasteiger partial charge in [-0.2, -0.15) is 0 Å². The molecule has 1 aromatic rings. The van der Waals surface area contributed by atoms with Crippen LogP contribution in [0.2, 0.25) is 5.02 Å². The van der Waals surface area contributed by atoms with Gasteiger partial charge < -0.3 is 10.2 Å². The highest BCUT2D eigenvalue weighted by atomic mass is 35.5. The zero-order chi connectivity index (χ0) is 14.4. The first-order valence-electron chi connectivity index (χ1n) is 7.09. The van der Waals surface area contributed by atoms with Crippen molar-refractivity contribution in [3.05, 3.63) is 47.1 Å². The summed E-state index contributed by atoms with van der Waals surface area (Å²) in [7, 11) is 0. The van der Waals surface area contributed by atoms with E-state index in [1.807, 2.05) is 24.3 Å². The molecule has 1 saturated heterocycles. The largest absolute Gasteiger partial charge is 0.375 e. The van der Waals surface area contributed by atoms with Gasteiger partial charge in [-0.05, 0) is 37.0 Å². The van der Waals surface area contributed by atoms with E-state index in [1.54, 1.807) is 0 Å². The first-order valence-corrected chi connectivity index (χ1v) is 7.47. The van der Waals surface area contributed by atoms with E-state index in [0.29, 0.717) is 18.0 Å². The Morgan fingerprint density at radius 2 is 1.85 bits per heavy atom. The molecule has 1 aliphatic heterocycles. The fourth-order valence-electron chi connectivity index (χ4n) is 2.34. The van der Waals surface area contributed by atoms with Crippen LogP contribution < -0.4 is 5.32 Å². The maximum atomic E-state index is 11.8. The number of benzene rings is 1. The minimum Gasteiger partial charge on any atom is -0.375 e. The third-order valence-corrected chi connectivity index (χ3v) is 3.85. The molecular weight excluding hydrogens is 272 g/mol. The van der Waals surface area contributed by atoms with Crippen LogP contribution in [0.4, 0.5) is 0 Å². The molecule has 0 unspecified atom stereocenters. The monoisotopic (exact) mass is 292 g/mol. The molecule has 1 fully saturated rings. The smallest absolute Gasteiger partial charge is 0.220 e. The fraction of sp³-hybridized carbons (Fsp3) is 0.438. The van der Waals surface area contributed by atoms with Crippen LogP contribution in [0, 0.1) is 0 Å². The number of amides is 1. The van der Waals surface area contributed by atoms with Gasteiger partial charge in [0.1, 0.15) is 0 Å². The number of halogens is 1. The summed E-state index contributed by atoms with van der Waals surface area (Å²) in [6.45, 7) is 6.79. The molecule has 1 amide bonds. The molecule has 0 aromatic heterocycles. The van der Waals surface area contributed by atoms with Gasteiger partial charge in [-0.15, -0.1) is 0 Å². The molecule has 108 valence electrons. The summed E-state index contributed by atoms with van der Waals surface area (Å²) in [6.07, 6.45) is 3.72. The normalized spacial score (nSPS) is 14.3. The summed E-state index contributed by atoms with van der Waals surface area (Å²) in [6, 6.07) is 7.51. The second kappa shape index (κ2) is 7.34. The molecule has 4 heteroatoms. The molecule has 0 atom stereocenters. The van der Waals surface area contributed by atoms with Gasteiger partial charge in [0.25, 0.3) is 0 Å². The molecule has 0 bridgehead atoms. The maximum Gasteiger partial charge on any atom is 0.220 e. The van der Waals surface area contributed by atoms with E-state index in [4.69, 9.17) is 11.6 Å². The molecule has 20 heavy (non-hydrogen) atoms. The van der Waals surface area contributed by atoms with Gasteiger partial charge >= 0.3 is 0 Å². The third-order valence-electron chi connectivity index (χ3n) is 3.60. The summed E-state index contributed by atoms with van der Waals surface area (Å²) in [5, 5.41) is 3.63. The Morgan fingerprint density at radius 1 is 1.20 bits per heavy atom. The molecule has 0 radical (unpaired) electrons. The molecule has 1 aromatic carbocycles. The van der Waals surface area contributed by atoms with Crippen molar-refractivity contribution in [2.24, 2.45) is 0 Å². The van der Waals surface area contributed by atoms with Crippen molar-refractivity contribution < 1.29 is 4.79 Å². The lowest BCUT2D eigenvalue weighted by Gasteiger charge is -2.20. The minimum absolute atomic E-state index is 0.0697. The number of likely N-dealkylation sites (tertiary alicyclic amines) is 1. The average Bonchev–Trinajstić information content (AvgIpc) is 2.98. The van der Waals surface area contributed by atoms with E-state index in [2.05, 4.69) is 16.8 Å². The van der Waals surface area contributed by atoms with Crippen molar-refractivity contribution in [1.82, 2.24) is 10.2 Å². The van der Waals surface area contributed by atoms with E-state index in [-0.39, 0.29) is 5.91 Å². The lowest BCUT2D eigenvalue weighted by molar-refractivity contribution is -0.121. The Labute approximate surface area is 125 Å². The molecule has 1 N–H and O–H groups in total. The minimum atomic E-state index is 0.0697. The highest BCUT2D eigenvalue weighted by Crippen LogP contribution is 2.16. The van der Waals surface area contributed by atoms with Crippen molar-refractivity contribution in [1.29, 1.82) is 0 Å². The SMILES string of the molecule is C=C(CCC(=O)NCc1ccc(Cl)cc1)N1CCCC1. The Hall–Kier alpha value is -1.48. The molecule has 0 saturated carbocycles. The van der Waals surface area contributed by atoms with E-state index >= 15 is 0 Å². The van der Waals surface area contributed by atoms with Crippen molar-refractivity contribution in [2.75, 3.05) is 13.1 Å². The van der Waals surface area contributed by atoms with Crippen molar-refractivity contribution in [2.45, 2.75) is 32.2 Å². The number of rotatable bonds is 6. The van der Waals surface area contributed by atoms with Crippen LogP contribution in [0.3, 0.4) is 0 Å². The number of carbonyl (C=O) groups is 1. The molecule has 3 nitrogen and oxygen atoms in total. The van der Waals surface area contributed by atoms with Crippen LogP contribution in [0.5, 0.6) is 0 Å². The fourth-order valence-corrected chi connectivity index (χ4v) is 2.47. The average molecular weight is 293 g/mol. The molecular formula is C16H21ClN2O. The summed E-state index contributed by atoms with van der Waals surface area (Å²) in [4.78, 5) is 14.1. The Balaban J connectivity index is 1.67. The second-order valence-electron chi connectivity index (χ2n) is 5.16. The van der Waals surface area contributed by atoms with E-state index < -0.39 is 0 Å². The van der Waals surface area contributed by atoms with Gasteiger partial charge in [-0.1, -0.05) is 30.3 Å². The zero-order valence-electron chi connectivity index (χ0n) is 11.7. The van der Waals surface area contributed by atoms with Crippen molar-refractivity contribution in [3.8, 4) is 0 Å². The molecule has 1 heterocycles. The lowest BCUT2D eigenvalue weighted by Crippen LogP contribution is -2.24. The summed E-state index contributed by atoms with van der Waals surface area (Å²) < 4.78 is 0. The maximum absolute atomic E-state index is 11.8.